The molecule has 0 aromatic heterocycles. The van der Waals surface area contributed by atoms with Crippen molar-refractivity contribution in [2.45, 2.75) is 37.9 Å². The van der Waals surface area contributed by atoms with Crippen LogP contribution in [0.4, 0.5) is 5.69 Å². The van der Waals surface area contributed by atoms with E-state index < -0.39 is 6.10 Å². The van der Waals surface area contributed by atoms with Crippen molar-refractivity contribution in [3.05, 3.63) is 23.8 Å². The monoisotopic (exact) mass is 255 g/mol. The predicted molar refractivity (Wildman–Crippen MR) is 73.4 cm³/mol. The van der Waals surface area contributed by atoms with Crippen molar-refractivity contribution >= 4 is 17.4 Å². The highest BCUT2D eigenvalue weighted by Gasteiger charge is 2.07. The van der Waals surface area contributed by atoms with Crippen molar-refractivity contribution in [1.29, 1.82) is 0 Å². The average molecular weight is 255 g/mol. The van der Waals surface area contributed by atoms with Gasteiger partial charge in [0.1, 0.15) is 0 Å². The zero-order valence-electron chi connectivity index (χ0n) is 10.6. The molecule has 3 nitrogen and oxygen atoms in total. The lowest BCUT2D eigenvalue weighted by Gasteiger charge is -2.13. The van der Waals surface area contributed by atoms with Crippen molar-refractivity contribution in [3.8, 4) is 0 Å². The van der Waals surface area contributed by atoms with Gasteiger partial charge in [-0.15, -0.1) is 11.8 Å². The fourth-order valence-electron chi connectivity index (χ4n) is 1.28. The van der Waals surface area contributed by atoms with Crippen molar-refractivity contribution in [3.63, 3.8) is 0 Å². The van der Waals surface area contributed by atoms with Crippen LogP contribution in [0.1, 0.15) is 19.4 Å². The summed E-state index contributed by atoms with van der Waals surface area (Å²) >= 11 is 1.62. The van der Waals surface area contributed by atoms with Crippen molar-refractivity contribution < 1.29 is 9.84 Å². The predicted octanol–water partition coefficient (Wildman–Crippen LogP) is 2.46. The highest BCUT2D eigenvalue weighted by atomic mass is 32.2. The topological polar surface area (TPSA) is 55.5 Å². The Kier molecular flexibility index (Phi) is 5.82. The van der Waals surface area contributed by atoms with Gasteiger partial charge in [-0.2, -0.15) is 0 Å². The van der Waals surface area contributed by atoms with Gasteiger partial charge in [-0.1, -0.05) is 0 Å². The van der Waals surface area contributed by atoms with E-state index in [0.29, 0.717) is 12.4 Å². The summed E-state index contributed by atoms with van der Waals surface area (Å²) in [4.78, 5) is 1.13. The normalized spacial score (nSPS) is 13.0. The Hall–Kier alpha value is -0.710. The van der Waals surface area contributed by atoms with E-state index in [0.717, 1.165) is 16.1 Å². The molecule has 0 heterocycles. The number of nitrogens with two attached hydrogens (primary N) is 1. The average Bonchev–Trinajstić information content (AvgIpc) is 2.28. The van der Waals surface area contributed by atoms with Gasteiger partial charge in [-0.3, -0.25) is 0 Å². The standard InChI is InChI=1S/C13H21NO2S/c1-9(2)16-7-11(15)8-17-12-4-5-13(14)10(3)6-12/h4-6,9,11,15H,7-8,14H2,1-3H3. The van der Waals surface area contributed by atoms with E-state index in [2.05, 4.69) is 0 Å². The summed E-state index contributed by atoms with van der Waals surface area (Å²) in [5, 5.41) is 9.71. The molecule has 0 spiro atoms. The van der Waals surface area contributed by atoms with Gasteiger partial charge in [0.2, 0.25) is 0 Å². The molecule has 0 saturated carbocycles. The highest BCUT2D eigenvalue weighted by molar-refractivity contribution is 7.99. The molecule has 4 heteroatoms. The molecular formula is C13H21NO2S. The van der Waals surface area contributed by atoms with Gasteiger partial charge < -0.3 is 15.6 Å². The van der Waals surface area contributed by atoms with Crippen LogP contribution < -0.4 is 5.73 Å². The minimum atomic E-state index is -0.430. The fraction of sp³-hybridized carbons (Fsp3) is 0.538. The lowest BCUT2D eigenvalue weighted by atomic mass is 10.2. The largest absolute Gasteiger partial charge is 0.399 e. The molecule has 0 radical (unpaired) electrons. The van der Waals surface area contributed by atoms with E-state index in [1.165, 1.54) is 0 Å². The summed E-state index contributed by atoms with van der Waals surface area (Å²) in [6.45, 7) is 6.29. The van der Waals surface area contributed by atoms with Crippen LogP contribution in [-0.4, -0.2) is 29.7 Å². The number of nitrogen functional groups attached to an aromatic ring is 1. The Balaban J connectivity index is 2.36. The van der Waals surface area contributed by atoms with Gasteiger partial charge in [0.25, 0.3) is 0 Å². The zero-order valence-corrected chi connectivity index (χ0v) is 11.5. The number of benzene rings is 1. The molecule has 17 heavy (non-hydrogen) atoms. The smallest absolute Gasteiger partial charge is 0.0867 e. The molecule has 1 atom stereocenters. The molecule has 0 fully saturated rings. The van der Waals surface area contributed by atoms with Gasteiger partial charge in [-0.05, 0) is 44.5 Å². The van der Waals surface area contributed by atoms with Gasteiger partial charge in [-0.25, -0.2) is 0 Å². The van der Waals surface area contributed by atoms with Gasteiger partial charge >= 0.3 is 0 Å². The SMILES string of the molecule is Cc1cc(SCC(O)COC(C)C)ccc1N. The second kappa shape index (κ2) is 6.89. The first-order chi connectivity index (χ1) is 7.99. The first kappa shape index (κ1) is 14.4. The molecule has 0 aliphatic heterocycles. The fourth-order valence-corrected chi connectivity index (χ4v) is 2.19. The number of anilines is 1. The minimum Gasteiger partial charge on any atom is -0.399 e. The third-order valence-electron chi connectivity index (χ3n) is 2.31. The number of rotatable bonds is 6. The summed E-state index contributed by atoms with van der Waals surface area (Å²) in [5.74, 6) is 0.635. The molecule has 1 rings (SSSR count). The number of aryl methyl sites for hydroxylation is 1. The van der Waals surface area contributed by atoms with Gasteiger partial charge in [0.05, 0.1) is 18.8 Å². The van der Waals surface area contributed by atoms with Crippen LogP contribution in [0.25, 0.3) is 0 Å². The molecule has 96 valence electrons. The molecule has 3 N–H and O–H groups in total. The van der Waals surface area contributed by atoms with Crippen LogP contribution in [-0.2, 0) is 4.74 Å². The number of hydrogen-bond donors (Lipinski definition) is 2. The summed E-state index contributed by atoms with van der Waals surface area (Å²) < 4.78 is 5.35. The summed E-state index contributed by atoms with van der Waals surface area (Å²) in [6, 6.07) is 5.91. The Bertz CT molecular complexity index is 355. The Labute approximate surface area is 107 Å². The first-order valence-corrected chi connectivity index (χ1v) is 6.76. The number of aliphatic hydroxyl groups excluding tert-OH is 1. The lowest BCUT2D eigenvalue weighted by molar-refractivity contribution is 0.0152. The summed E-state index contributed by atoms with van der Waals surface area (Å²) in [6.07, 6.45) is -0.270. The maximum atomic E-state index is 9.71. The van der Waals surface area contributed by atoms with Crippen LogP contribution in [0, 0.1) is 6.92 Å². The Morgan fingerprint density at radius 2 is 2.12 bits per heavy atom. The number of hydrogen-bond acceptors (Lipinski definition) is 4. The van der Waals surface area contributed by atoms with Crippen LogP contribution >= 0.6 is 11.8 Å². The number of aliphatic hydroxyl groups is 1. The third-order valence-corrected chi connectivity index (χ3v) is 3.44. The maximum Gasteiger partial charge on any atom is 0.0867 e. The van der Waals surface area contributed by atoms with Crippen LogP contribution in [0.15, 0.2) is 23.1 Å². The second-order valence-electron chi connectivity index (χ2n) is 4.37. The van der Waals surface area contributed by atoms with E-state index in [1.54, 1.807) is 11.8 Å². The van der Waals surface area contributed by atoms with Crippen molar-refractivity contribution in [2.24, 2.45) is 0 Å². The molecule has 0 aliphatic carbocycles. The molecule has 0 bridgehead atoms. The first-order valence-electron chi connectivity index (χ1n) is 5.77. The molecule has 1 aromatic carbocycles. The molecule has 0 aliphatic rings. The number of thioether (sulfide) groups is 1. The van der Waals surface area contributed by atoms with E-state index >= 15 is 0 Å². The third kappa shape index (κ3) is 5.44. The van der Waals surface area contributed by atoms with Crippen LogP contribution in [0.3, 0.4) is 0 Å². The molecule has 0 amide bonds. The minimum absolute atomic E-state index is 0.161. The quantitative estimate of drug-likeness (QED) is 0.605. The molecular weight excluding hydrogens is 234 g/mol. The summed E-state index contributed by atoms with van der Waals surface area (Å²) in [7, 11) is 0. The molecule has 0 saturated heterocycles. The van der Waals surface area contributed by atoms with E-state index in [9.17, 15) is 5.11 Å². The van der Waals surface area contributed by atoms with Crippen molar-refractivity contribution in [1.82, 2.24) is 0 Å². The lowest BCUT2D eigenvalue weighted by Crippen LogP contribution is -2.20. The second-order valence-corrected chi connectivity index (χ2v) is 5.46. The van der Waals surface area contributed by atoms with E-state index in [-0.39, 0.29) is 6.10 Å². The zero-order chi connectivity index (χ0) is 12.8. The van der Waals surface area contributed by atoms with Gasteiger partial charge in [0, 0.05) is 16.3 Å². The van der Waals surface area contributed by atoms with Crippen molar-refractivity contribution in [2.75, 3.05) is 18.1 Å². The van der Waals surface area contributed by atoms with Crippen LogP contribution in [0.2, 0.25) is 0 Å². The molecule has 1 aromatic rings. The van der Waals surface area contributed by atoms with E-state index in [1.807, 2.05) is 39.0 Å². The molecule has 1 unspecified atom stereocenters. The van der Waals surface area contributed by atoms with Gasteiger partial charge in [0.15, 0.2) is 0 Å². The highest BCUT2D eigenvalue weighted by Crippen LogP contribution is 2.23. The van der Waals surface area contributed by atoms with E-state index in [4.69, 9.17) is 10.5 Å². The maximum absolute atomic E-state index is 9.71. The summed E-state index contributed by atoms with van der Waals surface area (Å²) in [5.41, 5.74) is 7.62. The Morgan fingerprint density at radius 1 is 1.41 bits per heavy atom. The van der Waals surface area contributed by atoms with Crippen LogP contribution in [0.5, 0.6) is 0 Å². The number of ether oxygens (including phenoxy) is 1. The Morgan fingerprint density at radius 3 is 2.71 bits per heavy atom.